The lowest BCUT2D eigenvalue weighted by Crippen LogP contribution is -2.78. The normalized spacial score (nSPS) is 34.2. The molecule has 3 heterocycles. The first-order valence-corrected chi connectivity index (χ1v) is 10.5. The van der Waals surface area contributed by atoms with Crippen LogP contribution in [0, 0.1) is 0 Å². The summed E-state index contributed by atoms with van der Waals surface area (Å²) in [6.07, 6.45) is -47.8. The molecule has 28 heteroatoms. The largest absolute Gasteiger partial charge is 0.439 e. The van der Waals surface area contributed by atoms with Crippen molar-refractivity contribution in [3.8, 4) is 0 Å². The molecule has 3 saturated heterocycles. The van der Waals surface area contributed by atoms with Crippen LogP contribution in [0.3, 0.4) is 0 Å². The van der Waals surface area contributed by atoms with E-state index in [2.05, 4.69) is 9.47 Å². The smallest absolute Gasteiger partial charge is 0.376 e. The third kappa shape index (κ3) is 4.91. The minimum absolute atomic E-state index is 1.88. The Morgan fingerprint density at radius 1 is 0.477 bits per heavy atom. The van der Waals surface area contributed by atoms with E-state index in [1.165, 1.54) is 0 Å². The fourth-order valence-corrected chi connectivity index (χ4v) is 3.66. The van der Waals surface area contributed by atoms with Crippen molar-refractivity contribution in [3.63, 3.8) is 0 Å². The van der Waals surface area contributed by atoms with E-state index in [-0.39, 0.29) is 0 Å². The first-order valence-electron chi connectivity index (χ1n) is 10.5. The zero-order valence-electron chi connectivity index (χ0n) is 19.6. The molecule has 0 N–H and O–H groups in total. The van der Waals surface area contributed by atoms with Crippen LogP contribution in [0.4, 0.5) is 96.6 Å². The lowest BCUT2D eigenvalue weighted by atomic mass is 10.1. The quantitative estimate of drug-likeness (QED) is 0.248. The molecule has 3 rings (SSSR count). The van der Waals surface area contributed by atoms with E-state index in [0.717, 1.165) is 0 Å². The molecule has 0 aromatic carbocycles. The summed E-state index contributed by atoms with van der Waals surface area (Å²) in [7, 11) is 0. The van der Waals surface area contributed by atoms with Crippen molar-refractivity contribution in [1.82, 2.24) is 9.80 Å². The van der Waals surface area contributed by atoms with Gasteiger partial charge in [0.2, 0.25) is 12.6 Å². The predicted molar refractivity (Wildman–Crippen MR) is 84.6 cm³/mol. The average Bonchev–Trinajstić information content (AvgIpc) is 2.80. The van der Waals surface area contributed by atoms with Gasteiger partial charge in [0.1, 0.15) is 12.2 Å². The summed E-state index contributed by atoms with van der Waals surface area (Å²) in [5.74, 6) is -13.0. The van der Waals surface area contributed by atoms with E-state index in [4.69, 9.17) is 0 Å². The Kier molecular flexibility index (Phi) is 8.22. The molecule has 0 amide bonds. The van der Waals surface area contributed by atoms with E-state index in [0.29, 0.717) is 0 Å². The summed E-state index contributed by atoms with van der Waals surface area (Å²) in [6, 6.07) is -28.6. The van der Waals surface area contributed by atoms with Crippen LogP contribution in [0.15, 0.2) is 0 Å². The van der Waals surface area contributed by atoms with Crippen molar-refractivity contribution < 1.29 is 116 Å². The SMILES string of the molecule is FC(N1C(F)(F)C(F)(F)OC(F)(F)C1(F)F)C(F)(F)C1COCC(C(F)(F)C(F)N2C(F)(F)C(F)(F)OC(F)(F)C2(F)F)O1. The number of halogens is 22. The van der Waals surface area contributed by atoms with Gasteiger partial charge in [-0.15, -0.1) is 9.80 Å². The monoisotopic (exact) mass is 710 g/mol. The standard InChI is InChI=1S/C16H8F22N2O4/c17-5(39-9(23,24)13(31,32)43-14(33,34)10(39,25)26)7(19,20)3-1-41-2-4(42-3)8(21,22)6(18)40-11(27,28)15(35,36)44-16(37,38)12(40,29)30/h3-6H,1-2H2. The fourth-order valence-electron chi connectivity index (χ4n) is 3.66. The third-order valence-corrected chi connectivity index (χ3v) is 5.94. The highest BCUT2D eigenvalue weighted by atomic mass is 19.4. The van der Waals surface area contributed by atoms with Crippen molar-refractivity contribution in [2.75, 3.05) is 13.2 Å². The highest BCUT2D eigenvalue weighted by Crippen LogP contribution is 2.60. The fraction of sp³-hybridized carbons (Fsp3) is 1.00. The second-order valence-electron chi connectivity index (χ2n) is 8.85. The van der Waals surface area contributed by atoms with E-state index in [1.54, 1.807) is 0 Å². The number of alkyl halides is 22. The Morgan fingerprint density at radius 3 is 0.932 bits per heavy atom. The van der Waals surface area contributed by atoms with Gasteiger partial charge >= 0.3 is 60.5 Å². The van der Waals surface area contributed by atoms with Gasteiger partial charge in [-0.1, -0.05) is 0 Å². The maximum Gasteiger partial charge on any atom is 0.439 e. The molecular formula is C16H8F22N2O4. The Morgan fingerprint density at radius 2 is 0.705 bits per heavy atom. The van der Waals surface area contributed by atoms with Gasteiger partial charge in [0.05, 0.1) is 13.2 Å². The summed E-state index contributed by atoms with van der Waals surface area (Å²) >= 11 is 0. The zero-order chi connectivity index (χ0) is 34.7. The van der Waals surface area contributed by atoms with Crippen molar-refractivity contribution >= 4 is 0 Å². The molecule has 0 bridgehead atoms. The second kappa shape index (κ2) is 9.86. The Hall–Kier alpha value is -1.78. The van der Waals surface area contributed by atoms with Crippen LogP contribution >= 0.6 is 0 Å². The van der Waals surface area contributed by atoms with E-state index < -0.39 is 108 Å². The number of hydrogen-bond acceptors (Lipinski definition) is 6. The summed E-state index contributed by atoms with van der Waals surface area (Å²) < 4.78 is 316. The van der Waals surface area contributed by atoms with Crippen LogP contribution < -0.4 is 0 Å². The van der Waals surface area contributed by atoms with Gasteiger partial charge in [-0.2, -0.15) is 87.8 Å². The second-order valence-corrected chi connectivity index (χ2v) is 8.85. The van der Waals surface area contributed by atoms with Gasteiger partial charge in [-0.05, 0) is 0 Å². The molecule has 0 aromatic heterocycles. The maximum atomic E-state index is 14.6. The molecule has 260 valence electrons. The molecule has 4 unspecified atom stereocenters. The Labute approximate surface area is 225 Å². The molecule has 3 fully saturated rings. The molecular weight excluding hydrogens is 702 g/mol. The Balaban J connectivity index is 1.99. The van der Waals surface area contributed by atoms with Crippen LogP contribution in [0.25, 0.3) is 0 Å². The number of hydrogen-bond donors (Lipinski definition) is 0. The van der Waals surface area contributed by atoms with Crippen LogP contribution in [-0.2, 0) is 18.9 Å². The Bertz CT molecular complexity index is 968. The molecule has 0 saturated carbocycles. The summed E-state index contributed by atoms with van der Waals surface area (Å²) in [5, 5.41) is 0. The lowest BCUT2D eigenvalue weighted by molar-refractivity contribution is -0.576. The molecule has 0 aliphatic carbocycles. The molecule has 44 heavy (non-hydrogen) atoms. The van der Waals surface area contributed by atoms with Gasteiger partial charge in [0.25, 0.3) is 0 Å². The van der Waals surface area contributed by atoms with E-state index in [1.807, 2.05) is 9.47 Å². The van der Waals surface area contributed by atoms with Crippen molar-refractivity contribution in [2.24, 2.45) is 0 Å². The maximum absolute atomic E-state index is 14.6. The van der Waals surface area contributed by atoms with Crippen molar-refractivity contribution in [2.45, 2.75) is 85.3 Å². The van der Waals surface area contributed by atoms with E-state index >= 15 is 0 Å². The number of nitrogens with zero attached hydrogens (tertiary/aromatic N) is 2. The van der Waals surface area contributed by atoms with Gasteiger partial charge in [-0.3, -0.25) is 0 Å². The van der Waals surface area contributed by atoms with Gasteiger partial charge in [0.15, 0.2) is 0 Å². The van der Waals surface area contributed by atoms with Gasteiger partial charge in [-0.25, -0.2) is 18.3 Å². The molecule has 6 nitrogen and oxygen atoms in total. The zero-order valence-corrected chi connectivity index (χ0v) is 19.6. The molecule has 4 atom stereocenters. The molecule has 0 radical (unpaired) electrons. The topological polar surface area (TPSA) is 43.4 Å². The highest BCUT2D eigenvalue weighted by molar-refractivity contribution is 5.03. The van der Waals surface area contributed by atoms with E-state index in [9.17, 15) is 96.6 Å². The summed E-state index contributed by atoms with van der Waals surface area (Å²) in [5.41, 5.74) is 0. The minimum Gasteiger partial charge on any atom is -0.376 e. The summed E-state index contributed by atoms with van der Waals surface area (Å²) in [4.78, 5) is -6.96. The van der Waals surface area contributed by atoms with Crippen molar-refractivity contribution in [1.29, 1.82) is 0 Å². The molecule has 0 aromatic rings. The highest BCUT2D eigenvalue weighted by Gasteiger charge is 2.87. The molecule has 3 aliphatic heterocycles. The van der Waals surface area contributed by atoms with Gasteiger partial charge < -0.3 is 9.47 Å². The lowest BCUT2D eigenvalue weighted by Gasteiger charge is -2.50. The number of morpholine rings is 2. The molecule has 3 aliphatic rings. The van der Waals surface area contributed by atoms with Crippen LogP contribution in [0.2, 0.25) is 0 Å². The third-order valence-electron chi connectivity index (χ3n) is 5.94. The van der Waals surface area contributed by atoms with Crippen LogP contribution in [0.5, 0.6) is 0 Å². The minimum atomic E-state index is -7.14. The van der Waals surface area contributed by atoms with Gasteiger partial charge in [0, 0.05) is 0 Å². The summed E-state index contributed by atoms with van der Waals surface area (Å²) in [6.45, 7) is -4.49. The number of rotatable bonds is 6. The number of ether oxygens (including phenoxy) is 4. The van der Waals surface area contributed by atoms with Crippen LogP contribution in [-0.4, -0.2) is 108 Å². The molecule has 0 spiro atoms. The average molecular weight is 710 g/mol. The first kappa shape index (κ1) is 36.7. The first-order chi connectivity index (χ1) is 19.2. The van der Waals surface area contributed by atoms with Crippen molar-refractivity contribution in [3.05, 3.63) is 0 Å². The van der Waals surface area contributed by atoms with Crippen LogP contribution in [0.1, 0.15) is 0 Å². The predicted octanol–water partition coefficient (Wildman–Crippen LogP) is 6.04.